The van der Waals surface area contributed by atoms with E-state index < -0.39 is 11.7 Å². The molecule has 0 spiro atoms. The molecule has 0 saturated heterocycles. The molecule has 100 valence electrons. The van der Waals surface area contributed by atoms with E-state index in [1.54, 1.807) is 13.0 Å². The van der Waals surface area contributed by atoms with Crippen LogP contribution in [0.1, 0.15) is 17.3 Å². The monoisotopic (exact) mass is 282 g/mol. The number of aliphatic hydroxyl groups excluding tert-OH is 1. The van der Waals surface area contributed by atoms with Gasteiger partial charge >= 0.3 is 0 Å². The lowest BCUT2D eigenvalue weighted by Gasteiger charge is -2.12. The smallest absolute Gasteiger partial charge is 0.254 e. The van der Waals surface area contributed by atoms with Gasteiger partial charge in [0.1, 0.15) is 11.0 Å². The number of aromatic nitrogens is 1. The minimum absolute atomic E-state index is 0.000685. The molecule has 2 N–H and O–H groups in total. The van der Waals surface area contributed by atoms with Crippen molar-refractivity contribution in [2.24, 2.45) is 0 Å². The minimum atomic E-state index is -0.426. The summed E-state index contributed by atoms with van der Waals surface area (Å²) in [7, 11) is 0. The Morgan fingerprint density at radius 3 is 2.95 bits per heavy atom. The molecule has 2 rings (SSSR count). The highest BCUT2D eigenvalue weighted by atomic mass is 35.5. The number of halogens is 2. The van der Waals surface area contributed by atoms with Crippen LogP contribution in [0.3, 0.4) is 0 Å². The van der Waals surface area contributed by atoms with Gasteiger partial charge in [0.2, 0.25) is 0 Å². The van der Waals surface area contributed by atoms with Gasteiger partial charge in [-0.2, -0.15) is 0 Å². The Balaban J connectivity index is 2.41. The van der Waals surface area contributed by atoms with Gasteiger partial charge in [-0.05, 0) is 25.1 Å². The van der Waals surface area contributed by atoms with E-state index in [0.29, 0.717) is 10.9 Å². The lowest BCUT2D eigenvalue weighted by atomic mass is 10.1. The summed E-state index contributed by atoms with van der Waals surface area (Å²) in [5.74, 6) is -0.840. The number of amides is 1. The third-order valence-electron chi connectivity index (χ3n) is 2.63. The van der Waals surface area contributed by atoms with Crippen LogP contribution in [0.25, 0.3) is 10.9 Å². The largest absolute Gasteiger partial charge is 0.394 e. The zero-order valence-electron chi connectivity index (χ0n) is 10.2. The molecular formula is C13H12ClFN2O2. The highest BCUT2D eigenvalue weighted by Crippen LogP contribution is 2.21. The number of aliphatic hydroxyl groups is 1. The Hall–Kier alpha value is -1.72. The molecule has 0 saturated carbocycles. The molecule has 1 heterocycles. The van der Waals surface area contributed by atoms with Crippen molar-refractivity contribution in [2.75, 3.05) is 6.61 Å². The molecule has 4 nitrogen and oxygen atoms in total. The number of hydrogen-bond donors (Lipinski definition) is 2. The van der Waals surface area contributed by atoms with Crippen molar-refractivity contribution in [3.05, 3.63) is 40.8 Å². The van der Waals surface area contributed by atoms with Crippen LogP contribution in [0.2, 0.25) is 5.15 Å². The first-order valence-electron chi connectivity index (χ1n) is 5.69. The van der Waals surface area contributed by atoms with Crippen LogP contribution < -0.4 is 5.32 Å². The van der Waals surface area contributed by atoms with Gasteiger partial charge in [-0.15, -0.1) is 0 Å². The SMILES string of the molecule is C[C@@H](CO)NC(=O)c1cc2ccc(F)cc2nc1Cl. The number of pyridine rings is 1. The van der Waals surface area contributed by atoms with E-state index in [0.717, 1.165) is 0 Å². The van der Waals surface area contributed by atoms with Gasteiger partial charge in [0.15, 0.2) is 0 Å². The molecule has 0 unspecified atom stereocenters. The molecule has 1 aromatic carbocycles. The molecule has 2 aromatic rings. The molecule has 0 aliphatic carbocycles. The number of fused-ring (bicyclic) bond motifs is 1. The van der Waals surface area contributed by atoms with Crippen LogP contribution in [0.4, 0.5) is 4.39 Å². The maximum atomic E-state index is 13.1. The highest BCUT2D eigenvalue weighted by Gasteiger charge is 2.15. The lowest BCUT2D eigenvalue weighted by Crippen LogP contribution is -2.35. The van der Waals surface area contributed by atoms with E-state index in [9.17, 15) is 9.18 Å². The second-order valence-corrected chi connectivity index (χ2v) is 4.58. The van der Waals surface area contributed by atoms with Crippen LogP contribution in [0, 0.1) is 5.82 Å². The number of carbonyl (C=O) groups excluding carboxylic acids is 1. The quantitative estimate of drug-likeness (QED) is 0.848. The van der Waals surface area contributed by atoms with Crippen molar-refractivity contribution in [2.45, 2.75) is 13.0 Å². The van der Waals surface area contributed by atoms with E-state index in [1.807, 2.05) is 0 Å². The molecule has 1 aromatic heterocycles. The standard InChI is InChI=1S/C13H12ClFN2O2/c1-7(6-18)16-13(19)10-4-8-2-3-9(15)5-11(8)17-12(10)14/h2-5,7,18H,6H2,1H3,(H,16,19)/t7-/m0/s1. The molecule has 0 fully saturated rings. The van der Waals surface area contributed by atoms with Crippen LogP contribution in [-0.4, -0.2) is 28.6 Å². The van der Waals surface area contributed by atoms with Gasteiger partial charge < -0.3 is 10.4 Å². The van der Waals surface area contributed by atoms with E-state index in [4.69, 9.17) is 16.7 Å². The van der Waals surface area contributed by atoms with Gasteiger partial charge in [0, 0.05) is 17.5 Å². The average Bonchev–Trinajstić information content (AvgIpc) is 2.37. The summed E-state index contributed by atoms with van der Waals surface area (Å²) in [4.78, 5) is 15.9. The van der Waals surface area contributed by atoms with Crippen molar-refractivity contribution >= 4 is 28.4 Å². The van der Waals surface area contributed by atoms with Crippen LogP contribution in [0.5, 0.6) is 0 Å². The zero-order valence-corrected chi connectivity index (χ0v) is 10.9. The summed E-state index contributed by atoms with van der Waals surface area (Å²) in [6, 6.07) is 5.23. The molecule has 0 bridgehead atoms. The Labute approximate surface area is 114 Å². The molecule has 0 aliphatic heterocycles. The summed E-state index contributed by atoms with van der Waals surface area (Å²) >= 11 is 5.92. The first kappa shape index (κ1) is 13.7. The molecule has 1 amide bonds. The second-order valence-electron chi connectivity index (χ2n) is 4.22. The second kappa shape index (κ2) is 5.50. The van der Waals surface area contributed by atoms with Crippen molar-refractivity contribution in [3.8, 4) is 0 Å². The zero-order chi connectivity index (χ0) is 14.0. The van der Waals surface area contributed by atoms with E-state index >= 15 is 0 Å². The van der Waals surface area contributed by atoms with Crippen LogP contribution >= 0.6 is 11.6 Å². The summed E-state index contributed by atoms with van der Waals surface area (Å²) in [6.45, 7) is 1.49. The number of rotatable bonds is 3. The summed E-state index contributed by atoms with van der Waals surface area (Å²) in [6.07, 6.45) is 0. The number of benzene rings is 1. The lowest BCUT2D eigenvalue weighted by molar-refractivity contribution is 0.0922. The third kappa shape index (κ3) is 3.00. The number of hydrogen-bond acceptors (Lipinski definition) is 3. The number of carbonyl (C=O) groups is 1. The first-order valence-corrected chi connectivity index (χ1v) is 6.06. The summed E-state index contributed by atoms with van der Waals surface area (Å²) in [5, 5.41) is 12.1. The average molecular weight is 283 g/mol. The Morgan fingerprint density at radius 2 is 2.26 bits per heavy atom. The van der Waals surface area contributed by atoms with Crippen LogP contribution in [0.15, 0.2) is 24.3 Å². The maximum Gasteiger partial charge on any atom is 0.254 e. The van der Waals surface area contributed by atoms with Crippen LogP contribution in [-0.2, 0) is 0 Å². The highest BCUT2D eigenvalue weighted by molar-refractivity contribution is 6.33. The molecule has 19 heavy (non-hydrogen) atoms. The van der Waals surface area contributed by atoms with E-state index in [1.165, 1.54) is 18.2 Å². The third-order valence-corrected chi connectivity index (χ3v) is 2.92. The predicted octanol–water partition coefficient (Wildman–Crippen LogP) is 2.14. The Morgan fingerprint density at radius 1 is 1.53 bits per heavy atom. The van der Waals surface area contributed by atoms with Crippen molar-refractivity contribution in [1.29, 1.82) is 0 Å². The molecule has 0 aliphatic rings. The molecular weight excluding hydrogens is 271 g/mol. The maximum absolute atomic E-state index is 13.1. The summed E-state index contributed by atoms with van der Waals surface area (Å²) in [5.41, 5.74) is 0.581. The molecule has 1 atom stereocenters. The van der Waals surface area contributed by atoms with Crippen molar-refractivity contribution in [3.63, 3.8) is 0 Å². The fraction of sp³-hybridized carbons (Fsp3) is 0.231. The number of nitrogens with zero attached hydrogens (tertiary/aromatic N) is 1. The Kier molecular flexibility index (Phi) is 3.97. The topological polar surface area (TPSA) is 62.2 Å². The van der Waals surface area contributed by atoms with E-state index in [2.05, 4.69) is 10.3 Å². The van der Waals surface area contributed by atoms with Gasteiger partial charge in [-0.1, -0.05) is 11.6 Å². The van der Waals surface area contributed by atoms with Gasteiger partial charge in [-0.25, -0.2) is 9.37 Å². The van der Waals surface area contributed by atoms with Crippen molar-refractivity contribution < 1.29 is 14.3 Å². The van der Waals surface area contributed by atoms with Crippen molar-refractivity contribution in [1.82, 2.24) is 10.3 Å². The predicted molar refractivity (Wildman–Crippen MR) is 70.7 cm³/mol. The van der Waals surface area contributed by atoms with Gasteiger partial charge in [0.25, 0.3) is 5.91 Å². The number of nitrogens with one attached hydrogen (secondary N) is 1. The first-order chi connectivity index (χ1) is 9.01. The Bertz CT molecular complexity index is 633. The van der Waals surface area contributed by atoms with Gasteiger partial charge in [0.05, 0.1) is 17.7 Å². The normalized spacial score (nSPS) is 12.4. The minimum Gasteiger partial charge on any atom is -0.394 e. The molecule has 6 heteroatoms. The fourth-order valence-corrected chi connectivity index (χ4v) is 1.85. The fourth-order valence-electron chi connectivity index (χ4n) is 1.62. The summed E-state index contributed by atoms with van der Waals surface area (Å²) < 4.78 is 13.1. The van der Waals surface area contributed by atoms with Gasteiger partial charge in [-0.3, -0.25) is 4.79 Å². The van der Waals surface area contributed by atoms with E-state index in [-0.39, 0.29) is 23.4 Å². The molecule has 0 radical (unpaired) electrons.